The van der Waals surface area contributed by atoms with Crippen LogP contribution in [0, 0.1) is 12.8 Å². The van der Waals surface area contributed by atoms with E-state index in [1.165, 1.54) is 24.8 Å². The number of hydrogen-bond acceptors (Lipinski definition) is 0. The molecule has 0 aromatic heterocycles. The summed E-state index contributed by atoms with van der Waals surface area (Å²) in [4.78, 5) is 0. The fourth-order valence-electron chi connectivity index (χ4n) is 2.53. The van der Waals surface area contributed by atoms with Crippen LogP contribution in [0.1, 0.15) is 43.2 Å². The average Bonchev–Trinajstić information content (AvgIpc) is 2.53. The average molecular weight is 174 g/mol. The molecule has 0 bridgehead atoms. The molecule has 1 fully saturated rings. The van der Waals surface area contributed by atoms with Crippen molar-refractivity contribution in [2.75, 3.05) is 0 Å². The lowest BCUT2D eigenvalue weighted by Gasteiger charge is -2.12. The van der Waals surface area contributed by atoms with E-state index in [2.05, 4.69) is 38.1 Å². The SMILES string of the molecule is Cc1ccccc1C1CCC(C)C1. The topological polar surface area (TPSA) is 0 Å². The van der Waals surface area contributed by atoms with Crippen LogP contribution in [0.2, 0.25) is 0 Å². The third kappa shape index (κ3) is 1.77. The van der Waals surface area contributed by atoms with Crippen molar-refractivity contribution in [3.63, 3.8) is 0 Å². The molecule has 1 aromatic carbocycles. The second-order valence-corrected chi connectivity index (χ2v) is 4.47. The highest BCUT2D eigenvalue weighted by atomic mass is 14.3. The van der Waals surface area contributed by atoms with Crippen LogP contribution in [0.3, 0.4) is 0 Å². The van der Waals surface area contributed by atoms with Gasteiger partial charge in [0.2, 0.25) is 0 Å². The summed E-state index contributed by atoms with van der Waals surface area (Å²) in [5.74, 6) is 1.78. The molecule has 0 N–H and O–H groups in total. The van der Waals surface area contributed by atoms with Gasteiger partial charge in [-0.25, -0.2) is 0 Å². The lowest BCUT2D eigenvalue weighted by molar-refractivity contribution is 0.596. The van der Waals surface area contributed by atoms with Crippen molar-refractivity contribution in [3.05, 3.63) is 35.4 Å². The lowest BCUT2D eigenvalue weighted by Crippen LogP contribution is -1.95. The van der Waals surface area contributed by atoms with Crippen LogP contribution in [0.25, 0.3) is 0 Å². The van der Waals surface area contributed by atoms with E-state index in [0.717, 1.165) is 11.8 Å². The van der Waals surface area contributed by atoms with E-state index < -0.39 is 0 Å². The minimum absolute atomic E-state index is 0.844. The lowest BCUT2D eigenvalue weighted by atomic mass is 9.93. The van der Waals surface area contributed by atoms with Crippen molar-refractivity contribution in [2.45, 2.75) is 39.0 Å². The van der Waals surface area contributed by atoms with Gasteiger partial charge < -0.3 is 0 Å². The highest BCUT2D eigenvalue weighted by molar-refractivity contribution is 5.29. The largest absolute Gasteiger partial charge is 0.0625 e. The van der Waals surface area contributed by atoms with Gasteiger partial charge in [0.05, 0.1) is 0 Å². The Balaban J connectivity index is 2.21. The van der Waals surface area contributed by atoms with Crippen molar-refractivity contribution in [3.8, 4) is 0 Å². The van der Waals surface area contributed by atoms with Crippen LogP contribution in [0.5, 0.6) is 0 Å². The molecule has 0 amide bonds. The highest BCUT2D eigenvalue weighted by Crippen LogP contribution is 2.38. The van der Waals surface area contributed by atoms with E-state index in [1.807, 2.05) is 0 Å². The van der Waals surface area contributed by atoms with Crippen molar-refractivity contribution in [1.29, 1.82) is 0 Å². The van der Waals surface area contributed by atoms with Gasteiger partial charge in [0, 0.05) is 0 Å². The Kier molecular flexibility index (Phi) is 2.39. The smallest absolute Gasteiger partial charge is 0.0157 e. The fourth-order valence-corrected chi connectivity index (χ4v) is 2.53. The molecule has 2 rings (SSSR count). The van der Waals surface area contributed by atoms with Crippen LogP contribution in [0.4, 0.5) is 0 Å². The maximum Gasteiger partial charge on any atom is -0.0157 e. The second-order valence-electron chi connectivity index (χ2n) is 4.47. The van der Waals surface area contributed by atoms with Gasteiger partial charge in [-0.2, -0.15) is 0 Å². The zero-order valence-electron chi connectivity index (χ0n) is 8.59. The molecule has 70 valence electrons. The zero-order chi connectivity index (χ0) is 9.26. The number of rotatable bonds is 1. The Morgan fingerprint density at radius 3 is 2.54 bits per heavy atom. The van der Waals surface area contributed by atoms with Gasteiger partial charge in [-0.3, -0.25) is 0 Å². The minimum Gasteiger partial charge on any atom is -0.0625 e. The third-order valence-electron chi connectivity index (χ3n) is 3.32. The quantitative estimate of drug-likeness (QED) is 0.605. The number of benzene rings is 1. The molecule has 0 radical (unpaired) electrons. The van der Waals surface area contributed by atoms with Crippen molar-refractivity contribution in [1.82, 2.24) is 0 Å². The van der Waals surface area contributed by atoms with E-state index >= 15 is 0 Å². The fraction of sp³-hybridized carbons (Fsp3) is 0.538. The molecule has 1 aromatic rings. The highest BCUT2D eigenvalue weighted by Gasteiger charge is 2.23. The third-order valence-corrected chi connectivity index (χ3v) is 3.32. The molecule has 0 aliphatic heterocycles. The van der Waals surface area contributed by atoms with Gasteiger partial charge in [-0.15, -0.1) is 0 Å². The molecule has 0 spiro atoms. The van der Waals surface area contributed by atoms with Crippen LogP contribution >= 0.6 is 0 Å². The first-order valence-corrected chi connectivity index (χ1v) is 5.33. The van der Waals surface area contributed by atoms with Crippen LogP contribution in [-0.4, -0.2) is 0 Å². The summed E-state index contributed by atoms with van der Waals surface area (Å²) < 4.78 is 0. The monoisotopic (exact) mass is 174 g/mol. The Hall–Kier alpha value is -0.780. The Labute approximate surface area is 81.0 Å². The van der Waals surface area contributed by atoms with Gasteiger partial charge in [0.15, 0.2) is 0 Å². The van der Waals surface area contributed by atoms with Gasteiger partial charge in [-0.05, 0) is 42.7 Å². The van der Waals surface area contributed by atoms with E-state index in [0.29, 0.717) is 0 Å². The molecule has 0 heteroatoms. The maximum absolute atomic E-state index is 2.37. The standard InChI is InChI=1S/C13H18/c1-10-7-8-12(9-10)13-6-4-3-5-11(13)2/h3-6,10,12H,7-9H2,1-2H3. The minimum atomic E-state index is 0.844. The van der Waals surface area contributed by atoms with Gasteiger partial charge in [0.1, 0.15) is 0 Å². The first-order chi connectivity index (χ1) is 6.27. The van der Waals surface area contributed by atoms with Crippen molar-refractivity contribution in [2.24, 2.45) is 5.92 Å². The Morgan fingerprint density at radius 2 is 1.92 bits per heavy atom. The molecule has 13 heavy (non-hydrogen) atoms. The molecule has 2 atom stereocenters. The van der Waals surface area contributed by atoms with E-state index in [4.69, 9.17) is 0 Å². The molecule has 2 unspecified atom stereocenters. The molecular formula is C13H18. The molecule has 1 saturated carbocycles. The van der Waals surface area contributed by atoms with E-state index in [1.54, 1.807) is 5.56 Å². The second kappa shape index (κ2) is 3.53. The van der Waals surface area contributed by atoms with Gasteiger partial charge >= 0.3 is 0 Å². The van der Waals surface area contributed by atoms with E-state index in [9.17, 15) is 0 Å². The van der Waals surface area contributed by atoms with Crippen molar-refractivity contribution < 1.29 is 0 Å². The Bertz CT molecular complexity index is 288. The Morgan fingerprint density at radius 1 is 1.15 bits per heavy atom. The summed E-state index contributed by atoms with van der Waals surface area (Å²) in [5, 5.41) is 0. The summed E-state index contributed by atoms with van der Waals surface area (Å²) in [6.45, 7) is 4.61. The first kappa shape index (κ1) is 8.80. The summed E-state index contributed by atoms with van der Waals surface area (Å²) in [6, 6.07) is 8.85. The normalized spacial score (nSPS) is 27.8. The molecule has 0 heterocycles. The van der Waals surface area contributed by atoms with Gasteiger partial charge in [-0.1, -0.05) is 37.6 Å². The van der Waals surface area contributed by atoms with Crippen molar-refractivity contribution >= 4 is 0 Å². The number of hydrogen-bond donors (Lipinski definition) is 0. The van der Waals surface area contributed by atoms with Gasteiger partial charge in [0.25, 0.3) is 0 Å². The van der Waals surface area contributed by atoms with E-state index in [-0.39, 0.29) is 0 Å². The molecule has 1 aliphatic carbocycles. The maximum atomic E-state index is 2.37. The predicted octanol–water partition coefficient (Wildman–Crippen LogP) is 3.90. The summed E-state index contributed by atoms with van der Waals surface area (Å²) in [7, 11) is 0. The molecule has 0 saturated heterocycles. The summed E-state index contributed by atoms with van der Waals surface area (Å²) in [5.41, 5.74) is 3.06. The zero-order valence-corrected chi connectivity index (χ0v) is 8.59. The molecular weight excluding hydrogens is 156 g/mol. The summed E-state index contributed by atoms with van der Waals surface area (Å²) >= 11 is 0. The molecule has 0 nitrogen and oxygen atoms in total. The van der Waals surface area contributed by atoms with Crippen LogP contribution in [-0.2, 0) is 0 Å². The number of aryl methyl sites for hydroxylation is 1. The summed E-state index contributed by atoms with van der Waals surface area (Å²) in [6.07, 6.45) is 4.20. The predicted molar refractivity (Wildman–Crippen MR) is 56.9 cm³/mol. The first-order valence-electron chi connectivity index (χ1n) is 5.33. The van der Waals surface area contributed by atoms with Crippen LogP contribution < -0.4 is 0 Å². The molecule has 1 aliphatic rings. The van der Waals surface area contributed by atoms with Crippen LogP contribution in [0.15, 0.2) is 24.3 Å².